The van der Waals surface area contributed by atoms with Crippen LogP contribution in [-0.2, 0) is 53.2 Å². The maximum absolute atomic E-state index is 13.9. The average Bonchev–Trinajstić information content (AvgIpc) is 3.71. The lowest BCUT2D eigenvalue weighted by atomic mass is 9.70. The van der Waals surface area contributed by atoms with E-state index in [1.807, 2.05) is 41.5 Å². The van der Waals surface area contributed by atoms with Crippen LogP contribution in [-0.4, -0.2) is 115 Å². The maximum Gasteiger partial charge on any atom is 0.328 e. The minimum absolute atomic E-state index is 0.00536. The molecule has 17 heteroatoms. The summed E-state index contributed by atoms with van der Waals surface area (Å²) < 4.78 is 56.0. The summed E-state index contributed by atoms with van der Waals surface area (Å²) >= 11 is 4.24. The van der Waals surface area contributed by atoms with E-state index in [4.69, 9.17) is 4.74 Å². The van der Waals surface area contributed by atoms with E-state index in [1.165, 1.54) is 7.11 Å². The van der Waals surface area contributed by atoms with E-state index in [0.29, 0.717) is 19.0 Å². The van der Waals surface area contributed by atoms with Crippen molar-refractivity contribution in [2.24, 2.45) is 68.0 Å². The van der Waals surface area contributed by atoms with Gasteiger partial charge in [-0.05, 0) is 124 Å². The van der Waals surface area contributed by atoms with Gasteiger partial charge in [-0.2, -0.15) is 0 Å². The van der Waals surface area contributed by atoms with Crippen molar-refractivity contribution >= 4 is 92.0 Å². The van der Waals surface area contributed by atoms with Crippen molar-refractivity contribution in [3.05, 3.63) is 0 Å². The molecule has 0 unspecified atom stereocenters. The topological polar surface area (TPSA) is 186 Å². The molecule has 2 heterocycles. The minimum Gasteiger partial charge on any atom is -0.467 e. The van der Waals surface area contributed by atoms with Crippen LogP contribution in [0.25, 0.3) is 0 Å². The Morgan fingerprint density at radius 3 is 1.13 bits per heavy atom. The smallest absolute Gasteiger partial charge is 0.328 e. The molecule has 4 saturated carbocycles. The summed E-state index contributed by atoms with van der Waals surface area (Å²) in [7, 11) is -5.43. The van der Waals surface area contributed by atoms with Crippen LogP contribution < -0.4 is 0 Å². The van der Waals surface area contributed by atoms with Gasteiger partial charge < -0.3 is 14.5 Å². The molecule has 13 nitrogen and oxygen atoms in total. The number of Topliss-reactive ketones (excluding diaryl/α,β-unsaturated/α-hetero) is 3. The van der Waals surface area contributed by atoms with Gasteiger partial charge in [-0.15, -0.1) is 0 Å². The summed E-state index contributed by atoms with van der Waals surface area (Å²) in [5, 5.41) is 0. The third-order valence-electron chi connectivity index (χ3n) is 19.2. The summed E-state index contributed by atoms with van der Waals surface area (Å²) in [5.74, 6) is -0.941. The Morgan fingerprint density at radius 1 is 0.547 bits per heavy atom. The molecule has 432 valence electrons. The standard InChI is InChI=1S/C29H49NO6S.C29H49NO5S.I2/c1-26(2,3)20(24(32)30-17-21-22(28(21,7)8)23(30)25(33)36-9)15-19(31)16-29(13-11-10-12-14-29)18-37(34,35)27(4,5)6;1-19(31)24-23-22(28(23,8)9)17-30(24)25(33)21(26(2,3)4)15-20(32)16-29(13-11-10-12-14-29)18-36(34,35)27(5,6)7;1-2/h20-23H,10-18H2,1-9H3;21-24H,10-18H2,1-9H3;/t20-,21+,22+,23+;21-,22+,23+,24-;/m11./s1. The number of methoxy groups -OCH3 is 1. The number of fused-ring (bicyclic) bond motifs is 2. The molecule has 2 saturated heterocycles. The van der Waals surface area contributed by atoms with Gasteiger partial charge in [0.05, 0.1) is 34.2 Å². The quantitative estimate of drug-likeness (QED) is 0.106. The molecule has 4 aliphatic carbocycles. The second kappa shape index (κ2) is 23.7. The van der Waals surface area contributed by atoms with Gasteiger partial charge in [0.1, 0.15) is 17.6 Å². The highest BCUT2D eigenvalue weighted by atomic mass is 128. The lowest BCUT2D eigenvalue weighted by Crippen LogP contribution is -2.50. The van der Waals surface area contributed by atoms with Crippen LogP contribution in [0.1, 0.15) is 208 Å². The molecule has 0 aromatic heterocycles. The van der Waals surface area contributed by atoms with E-state index in [-0.39, 0.29) is 101 Å². The monoisotopic (exact) mass is 1320 g/mol. The van der Waals surface area contributed by atoms with E-state index in [0.717, 1.165) is 64.2 Å². The summed E-state index contributed by atoms with van der Waals surface area (Å²) in [6.45, 7) is 33.4. The van der Waals surface area contributed by atoms with Gasteiger partial charge in [-0.25, -0.2) is 21.6 Å². The predicted octanol–water partition coefficient (Wildman–Crippen LogP) is 11.8. The number of rotatable bonds is 16. The largest absolute Gasteiger partial charge is 0.467 e. The third-order valence-corrected chi connectivity index (χ3v) is 24.9. The third kappa shape index (κ3) is 14.8. The number of ether oxygens (including phenoxy) is 1. The number of sulfone groups is 2. The molecular weight excluding hydrogens is 1220 g/mol. The second-order valence-electron chi connectivity index (χ2n) is 29.5. The van der Waals surface area contributed by atoms with Crippen LogP contribution in [0, 0.1) is 68.0 Å². The normalized spacial score (nSPS) is 27.4. The first-order valence-corrected chi connectivity index (χ1v) is 37.4. The lowest BCUT2D eigenvalue weighted by Gasteiger charge is -2.40. The molecule has 0 N–H and O–H groups in total. The molecule has 2 amide bonds. The molecule has 8 atom stereocenters. The Morgan fingerprint density at radius 2 is 0.853 bits per heavy atom. The molecule has 6 aliphatic rings. The predicted molar refractivity (Wildman–Crippen MR) is 316 cm³/mol. The van der Waals surface area contributed by atoms with Crippen molar-refractivity contribution < 1.29 is 50.3 Å². The number of carbonyl (C=O) groups is 6. The highest BCUT2D eigenvalue weighted by molar-refractivity contribution is 15.0. The van der Waals surface area contributed by atoms with Gasteiger partial charge in [0.15, 0.2) is 25.5 Å². The van der Waals surface area contributed by atoms with Gasteiger partial charge in [-0.1, -0.05) is 108 Å². The van der Waals surface area contributed by atoms with Crippen molar-refractivity contribution in [1.82, 2.24) is 9.80 Å². The zero-order valence-electron chi connectivity index (χ0n) is 49.3. The number of likely N-dealkylation sites (tertiary alicyclic amines) is 2. The summed E-state index contributed by atoms with van der Waals surface area (Å²) in [6, 6.07) is -1.02. The van der Waals surface area contributed by atoms with Crippen LogP contribution in [0.3, 0.4) is 0 Å². The molecular formula is C58H98I2N2O11S2. The molecule has 6 fully saturated rings. The van der Waals surface area contributed by atoms with E-state index < -0.39 is 74.7 Å². The molecule has 0 bridgehead atoms. The number of amides is 2. The van der Waals surface area contributed by atoms with E-state index in [1.54, 1.807) is 58.3 Å². The Labute approximate surface area is 477 Å². The fourth-order valence-electron chi connectivity index (χ4n) is 13.8. The summed E-state index contributed by atoms with van der Waals surface area (Å²) in [4.78, 5) is 83.7. The van der Waals surface area contributed by atoms with Crippen LogP contribution in [0.5, 0.6) is 0 Å². The van der Waals surface area contributed by atoms with Gasteiger partial charge >= 0.3 is 5.97 Å². The molecule has 2 aliphatic heterocycles. The highest BCUT2D eigenvalue weighted by Gasteiger charge is 2.71. The lowest BCUT2D eigenvalue weighted by molar-refractivity contribution is -0.156. The van der Waals surface area contributed by atoms with Gasteiger partial charge in [0.25, 0.3) is 0 Å². The molecule has 0 spiro atoms. The summed E-state index contributed by atoms with van der Waals surface area (Å²) in [5.41, 5.74) is -1.99. The number of ketones is 3. The zero-order valence-corrected chi connectivity index (χ0v) is 55.3. The van der Waals surface area contributed by atoms with E-state index in [2.05, 4.69) is 64.9 Å². The van der Waals surface area contributed by atoms with Crippen molar-refractivity contribution in [3.8, 4) is 0 Å². The van der Waals surface area contributed by atoms with Gasteiger partial charge in [0.2, 0.25) is 11.8 Å². The molecule has 0 aromatic rings. The van der Waals surface area contributed by atoms with Crippen LogP contribution in [0.4, 0.5) is 0 Å². The van der Waals surface area contributed by atoms with Crippen LogP contribution in [0.2, 0.25) is 0 Å². The van der Waals surface area contributed by atoms with Gasteiger partial charge in [0, 0.05) is 93.8 Å². The van der Waals surface area contributed by atoms with Crippen LogP contribution in [0.15, 0.2) is 0 Å². The molecule has 0 radical (unpaired) electrons. The second-order valence-corrected chi connectivity index (χ2v) is 34.9. The summed E-state index contributed by atoms with van der Waals surface area (Å²) in [6.07, 6.45) is 9.27. The first-order valence-electron chi connectivity index (χ1n) is 27.8. The first kappa shape index (κ1) is 66.3. The van der Waals surface area contributed by atoms with Crippen molar-refractivity contribution in [1.29, 1.82) is 0 Å². The Balaban J connectivity index is 0.000000314. The van der Waals surface area contributed by atoms with Crippen molar-refractivity contribution in [2.75, 3.05) is 31.7 Å². The number of halogens is 2. The highest BCUT2D eigenvalue weighted by Crippen LogP contribution is 2.66. The number of piperidine rings is 2. The number of hydrogen-bond donors (Lipinski definition) is 0. The SMILES string of the molecule is CC(=O)[C@@H]1[C@@H]2[C@H](CN1C(=O)[C@@H](CC(=O)CC1(CS(=O)(=O)C(C)(C)C)CCCCC1)C(C)(C)C)C2(C)C.COC(=O)[C@@H]1[C@@H]2[C@H](CN1C(=O)[C@@H](CC(=O)CC1(CS(=O)(=O)C(C)(C)C)CCCCC1)C(C)(C)C)C2(C)C.II. The average molecular weight is 1320 g/mol. The van der Waals surface area contributed by atoms with Crippen molar-refractivity contribution in [2.45, 2.75) is 229 Å². The number of nitrogens with zero attached hydrogens (tertiary/aromatic N) is 2. The Hall–Kier alpha value is -1.22. The molecule has 75 heavy (non-hydrogen) atoms. The number of esters is 1. The van der Waals surface area contributed by atoms with Gasteiger partial charge in [-0.3, -0.25) is 24.0 Å². The van der Waals surface area contributed by atoms with E-state index >= 15 is 0 Å². The molecule has 0 aromatic carbocycles. The number of carbonyl (C=O) groups excluding carboxylic acids is 6. The van der Waals surface area contributed by atoms with E-state index in [9.17, 15) is 45.6 Å². The molecule has 6 rings (SSSR count). The minimum atomic E-state index is -3.40. The maximum atomic E-state index is 13.9. The number of hydrogen-bond acceptors (Lipinski definition) is 11. The zero-order chi connectivity index (χ0) is 57.7. The fraction of sp³-hybridized carbons (Fsp3) is 0.897. The fourth-order valence-corrected chi connectivity index (χ4v) is 17.1. The van der Waals surface area contributed by atoms with Crippen molar-refractivity contribution in [3.63, 3.8) is 0 Å². The Kier molecular flexibility index (Phi) is 21.0. The van der Waals surface area contributed by atoms with Crippen LogP contribution >= 0.6 is 37.2 Å². The Bertz CT molecular complexity index is 2340. The first-order chi connectivity index (χ1) is 34.0.